The predicted molar refractivity (Wildman–Crippen MR) is 206 cm³/mol. The molecule has 1 fully saturated rings. The Hall–Kier alpha value is -4.31. The molecule has 2 heterocycles. The van der Waals surface area contributed by atoms with Crippen molar-refractivity contribution in [2.45, 2.75) is 77.0 Å². The Bertz CT molecular complexity index is 1920. The highest BCUT2D eigenvalue weighted by Gasteiger charge is 2.40. The number of piperazine rings is 1. The average molecular weight is 691 g/mol. The summed E-state index contributed by atoms with van der Waals surface area (Å²) in [5.41, 5.74) is 15.5. The maximum Gasteiger partial charge on any atom is 0.240 e. The topological polar surface area (TPSA) is 118 Å². The molecule has 4 atom stereocenters. The van der Waals surface area contributed by atoms with Crippen molar-refractivity contribution in [2.75, 3.05) is 25.0 Å². The van der Waals surface area contributed by atoms with Gasteiger partial charge in [-0.25, -0.2) is 4.98 Å². The van der Waals surface area contributed by atoms with Crippen molar-refractivity contribution < 1.29 is 9.59 Å². The second-order valence-electron chi connectivity index (χ2n) is 14.2. The quantitative estimate of drug-likeness (QED) is 0.121. The van der Waals surface area contributed by atoms with E-state index in [1.54, 1.807) is 11.3 Å². The van der Waals surface area contributed by atoms with Crippen LogP contribution >= 0.6 is 11.3 Å². The molecule has 5 aromatic rings. The van der Waals surface area contributed by atoms with Crippen molar-refractivity contribution in [1.82, 2.24) is 14.8 Å². The Morgan fingerprint density at radius 3 is 1.84 bits per heavy atom. The first-order chi connectivity index (χ1) is 24.1. The number of rotatable bonds is 13. The van der Waals surface area contributed by atoms with Crippen LogP contribution in [0.3, 0.4) is 0 Å². The minimum Gasteiger partial charge on any atom is -0.362 e. The lowest BCUT2D eigenvalue weighted by molar-refractivity contribution is -0.149. The number of carbonyl (C=O) groups is 2. The van der Waals surface area contributed by atoms with Crippen LogP contribution in [-0.2, 0) is 22.4 Å². The van der Waals surface area contributed by atoms with Crippen molar-refractivity contribution in [3.63, 3.8) is 0 Å². The van der Waals surface area contributed by atoms with E-state index in [1.807, 2.05) is 47.2 Å². The van der Waals surface area contributed by atoms with Gasteiger partial charge in [-0.15, -0.1) is 11.3 Å². The summed E-state index contributed by atoms with van der Waals surface area (Å²) in [6.45, 7) is 7.96. The summed E-state index contributed by atoms with van der Waals surface area (Å²) in [5, 5.41) is 8.91. The molecule has 262 valence electrons. The zero-order valence-corrected chi connectivity index (χ0v) is 30.2. The van der Waals surface area contributed by atoms with E-state index in [2.05, 4.69) is 84.8 Å². The van der Waals surface area contributed by atoms with Crippen molar-refractivity contribution >= 4 is 49.8 Å². The van der Waals surface area contributed by atoms with E-state index >= 15 is 0 Å². The van der Waals surface area contributed by atoms with Gasteiger partial charge in [-0.05, 0) is 77.6 Å². The van der Waals surface area contributed by atoms with Crippen LogP contribution in [0.15, 0.2) is 91.1 Å². The highest BCUT2D eigenvalue weighted by Crippen LogP contribution is 2.27. The zero-order chi connectivity index (χ0) is 35.2. The smallest absolute Gasteiger partial charge is 0.240 e. The van der Waals surface area contributed by atoms with E-state index in [1.165, 1.54) is 0 Å². The molecule has 1 aromatic heterocycles. The molecule has 1 aliphatic rings. The zero-order valence-electron chi connectivity index (χ0n) is 29.4. The second-order valence-corrected chi connectivity index (χ2v) is 15.5. The molecule has 1 aliphatic heterocycles. The van der Waals surface area contributed by atoms with Crippen molar-refractivity contribution in [3.05, 3.63) is 107 Å². The first kappa shape index (κ1) is 35.5. The Morgan fingerprint density at radius 2 is 1.32 bits per heavy atom. The number of hydrogen-bond acceptors (Lipinski definition) is 7. The molecule has 9 heteroatoms. The van der Waals surface area contributed by atoms with Crippen LogP contribution in [0.25, 0.3) is 21.5 Å². The number of amides is 2. The fraction of sp³-hybridized carbons (Fsp3) is 0.390. The minimum absolute atomic E-state index is 0.0576. The number of nitrogens with zero attached hydrogens (tertiary/aromatic N) is 3. The maximum atomic E-state index is 14.3. The molecule has 0 radical (unpaired) electrons. The van der Waals surface area contributed by atoms with Gasteiger partial charge in [0, 0.05) is 42.8 Å². The number of benzene rings is 4. The number of nitrogens with one attached hydrogen (secondary N) is 1. The third-order valence-electron chi connectivity index (χ3n) is 9.79. The SMILES string of the molecule is Cc1cnc(NCCC[C@H]2CN(C(=O)[C@H](N)Cc3ccc4ccccc4c3)[C@H](CC(C)C)CN2C(=O)[C@H](N)Cc2ccc3ccccc3c2)s1. The molecule has 2 amide bonds. The molecule has 8 nitrogen and oxygen atoms in total. The molecule has 4 aromatic carbocycles. The van der Waals surface area contributed by atoms with E-state index in [0.717, 1.165) is 68.5 Å². The highest BCUT2D eigenvalue weighted by molar-refractivity contribution is 7.15. The summed E-state index contributed by atoms with van der Waals surface area (Å²) in [5.74, 6) is 0.212. The number of nitrogens with two attached hydrogens (primary N) is 2. The first-order valence-electron chi connectivity index (χ1n) is 17.9. The predicted octanol–water partition coefficient (Wildman–Crippen LogP) is 6.54. The molecule has 0 aliphatic carbocycles. The van der Waals surface area contributed by atoms with Gasteiger partial charge >= 0.3 is 0 Å². The van der Waals surface area contributed by atoms with Crippen LogP contribution in [0, 0.1) is 12.8 Å². The summed E-state index contributed by atoms with van der Waals surface area (Å²) >= 11 is 1.63. The Morgan fingerprint density at radius 1 is 0.800 bits per heavy atom. The van der Waals surface area contributed by atoms with Crippen LogP contribution in [0.4, 0.5) is 5.13 Å². The fourth-order valence-electron chi connectivity index (χ4n) is 7.29. The van der Waals surface area contributed by atoms with Crippen LogP contribution in [0.1, 0.15) is 49.1 Å². The number of anilines is 1. The number of fused-ring (bicyclic) bond motifs is 2. The number of thiazole rings is 1. The lowest BCUT2D eigenvalue weighted by Crippen LogP contribution is -2.65. The molecule has 6 rings (SSSR count). The van der Waals surface area contributed by atoms with Crippen molar-refractivity contribution in [3.8, 4) is 0 Å². The minimum atomic E-state index is -0.688. The maximum absolute atomic E-state index is 14.3. The summed E-state index contributed by atoms with van der Waals surface area (Å²) in [7, 11) is 0. The van der Waals surface area contributed by atoms with Gasteiger partial charge < -0.3 is 26.6 Å². The molecule has 0 spiro atoms. The molecule has 1 saturated heterocycles. The van der Waals surface area contributed by atoms with E-state index < -0.39 is 12.1 Å². The van der Waals surface area contributed by atoms with Gasteiger partial charge in [0.15, 0.2) is 5.13 Å². The average Bonchev–Trinajstić information content (AvgIpc) is 3.53. The molecule has 0 saturated carbocycles. The Balaban J connectivity index is 1.20. The Kier molecular flexibility index (Phi) is 11.5. The molecule has 0 unspecified atom stereocenters. The van der Waals surface area contributed by atoms with Gasteiger partial charge in [0.25, 0.3) is 0 Å². The second kappa shape index (κ2) is 16.1. The van der Waals surface area contributed by atoms with Gasteiger partial charge in [0.05, 0.1) is 12.1 Å². The summed E-state index contributed by atoms with van der Waals surface area (Å²) in [6, 6.07) is 27.3. The number of aryl methyl sites for hydroxylation is 1. The van der Waals surface area contributed by atoms with Gasteiger partial charge in [-0.1, -0.05) is 98.8 Å². The number of carbonyl (C=O) groups excluding carboxylic acids is 2. The third kappa shape index (κ3) is 8.70. The standard InChI is InChI=1S/C41H50N6O2S/c1-27(2)19-36-26-46(39(48)37(42)22-29-14-16-31-9-4-6-11-33(31)20-29)35(13-8-18-44-41-45-24-28(3)50-41)25-47(36)40(49)38(43)23-30-15-17-32-10-5-7-12-34(32)21-30/h4-7,9-12,14-17,20-21,24,27,35-38H,8,13,18-19,22-23,25-26,42-43H2,1-3H3,(H,44,45)/t35-,36+,37+,38+/m0/s1. The molecule has 5 N–H and O–H groups in total. The largest absolute Gasteiger partial charge is 0.362 e. The fourth-order valence-corrected chi connectivity index (χ4v) is 7.98. The Labute approximate surface area is 299 Å². The normalized spacial score (nSPS) is 17.7. The molecule has 50 heavy (non-hydrogen) atoms. The van der Waals surface area contributed by atoms with Crippen LogP contribution in [-0.4, -0.2) is 70.4 Å². The highest BCUT2D eigenvalue weighted by atomic mass is 32.1. The van der Waals surface area contributed by atoms with Gasteiger partial charge in [0.2, 0.25) is 11.8 Å². The monoisotopic (exact) mass is 690 g/mol. The molecule has 0 bridgehead atoms. The van der Waals surface area contributed by atoms with Crippen molar-refractivity contribution in [1.29, 1.82) is 0 Å². The first-order valence-corrected chi connectivity index (χ1v) is 18.7. The van der Waals surface area contributed by atoms with E-state index in [0.29, 0.717) is 31.8 Å². The van der Waals surface area contributed by atoms with Crippen LogP contribution in [0.2, 0.25) is 0 Å². The van der Waals surface area contributed by atoms with Gasteiger partial charge in [-0.2, -0.15) is 0 Å². The van der Waals surface area contributed by atoms with Crippen LogP contribution < -0.4 is 16.8 Å². The molecular weight excluding hydrogens is 641 g/mol. The van der Waals surface area contributed by atoms with E-state index in [-0.39, 0.29) is 23.9 Å². The number of hydrogen-bond donors (Lipinski definition) is 3. The van der Waals surface area contributed by atoms with E-state index in [4.69, 9.17) is 11.5 Å². The lowest BCUT2D eigenvalue weighted by atomic mass is 9.93. The summed E-state index contributed by atoms with van der Waals surface area (Å²) in [4.78, 5) is 38.0. The van der Waals surface area contributed by atoms with Gasteiger partial charge in [0.1, 0.15) is 0 Å². The van der Waals surface area contributed by atoms with Crippen molar-refractivity contribution in [2.24, 2.45) is 17.4 Å². The summed E-state index contributed by atoms with van der Waals surface area (Å²) in [6.07, 6.45) is 5.08. The van der Waals surface area contributed by atoms with Crippen LogP contribution in [0.5, 0.6) is 0 Å². The number of aromatic nitrogens is 1. The van der Waals surface area contributed by atoms with Gasteiger partial charge in [-0.3, -0.25) is 9.59 Å². The lowest BCUT2D eigenvalue weighted by Gasteiger charge is -2.48. The summed E-state index contributed by atoms with van der Waals surface area (Å²) < 4.78 is 0. The molecular formula is C41H50N6O2S. The third-order valence-corrected chi connectivity index (χ3v) is 10.7. The van der Waals surface area contributed by atoms with E-state index in [9.17, 15) is 9.59 Å².